The fourth-order valence-corrected chi connectivity index (χ4v) is 6.55. The molecule has 3 fully saturated rings. The highest BCUT2D eigenvalue weighted by atomic mass is 16.7. The van der Waals surface area contributed by atoms with E-state index in [1.54, 1.807) is 13.0 Å². The van der Waals surface area contributed by atoms with Gasteiger partial charge in [0.25, 0.3) is 0 Å². The van der Waals surface area contributed by atoms with Crippen LogP contribution in [0.15, 0.2) is 12.1 Å². The number of aliphatic hydroxyl groups is 2. The van der Waals surface area contributed by atoms with Crippen LogP contribution in [0.1, 0.15) is 67.6 Å². The Morgan fingerprint density at radius 3 is 2.59 bits per heavy atom. The van der Waals surface area contributed by atoms with Crippen LogP contribution in [-0.2, 0) is 24.6 Å². The quantitative estimate of drug-likeness (QED) is 0.392. The number of fused-ring (bicyclic) bond motifs is 1. The molecule has 3 heterocycles. The van der Waals surface area contributed by atoms with Crippen LogP contribution in [0.2, 0.25) is 0 Å². The molecule has 3 saturated heterocycles. The number of aromatic hydroxyl groups is 1. The van der Waals surface area contributed by atoms with Crippen molar-refractivity contribution in [3.05, 3.63) is 28.8 Å². The Labute approximate surface area is 196 Å². The number of carboxylic acids is 1. The summed E-state index contributed by atoms with van der Waals surface area (Å²) in [5.41, 5.74) is -3.83. The molecule has 1 aromatic carbocycles. The van der Waals surface area contributed by atoms with Crippen LogP contribution in [0, 0.1) is 0 Å². The maximum atomic E-state index is 14.1. The van der Waals surface area contributed by atoms with Gasteiger partial charge in [-0.25, -0.2) is 0 Å². The van der Waals surface area contributed by atoms with Gasteiger partial charge in [-0.3, -0.25) is 9.59 Å². The van der Waals surface area contributed by atoms with Crippen molar-refractivity contribution in [1.82, 2.24) is 5.32 Å². The van der Waals surface area contributed by atoms with Gasteiger partial charge in [0.05, 0.1) is 30.3 Å². The van der Waals surface area contributed by atoms with E-state index in [4.69, 9.17) is 14.2 Å². The molecule has 0 saturated carbocycles. The Morgan fingerprint density at radius 1 is 1.26 bits per heavy atom. The number of nitrogens with one attached hydrogen (secondary N) is 1. The van der Waals surface area contributed by atoms with E-state index in [1.165, 1.54) is 6.07 Å². The molecule has 4 aliphatic rings. The molecule has 34 heavy (non-hydrogen) atoms. The first-order chi connectivity index (χ1) is 15.9. The molecule has 1 aliphatic carbocycles. The zero-order valence-electron chi connectivity index (χ0n) is 19.6. The van der Waals surface area contributed by atoms with E-state index in [0.29, 0.717) is 12.0 Å². The number of phenols is 1. The van der Waals surface area contributed by atoms with Crippen LogP contribution in [-0.4, -0.2) is 80.9 Å². The predicted octanol–water partition coefficient (Wildman–Crippen LogP) is 0.755. The van der Waals surface area contributed by atoms with Crippen molar-refractivity contribution < 1.29 is 44.2 Å². The third-order valence-corrected chi connectivity index (χ3v) is 8.35. The largest absolute Gasteiger partial charge is 0.508 e. The van der Waals surface area contributed by atoms with Crippen molar-refractivity contribution in [2.45, 2.75) is 93.4 Å². The molecule has 10 nitrogen and oxygen atoms in total. The summed E-state index contributed by atoms with van der Waals surface area (Å²) in [6.07, 6.45) is -4.54. The second-order valence-corrected chi connectivity index (χ2v) is 10.1. The number of epoxide rings is 1. The number of rotatable bonds is 4. The van der Waals surface area contributed by atoms with E-state index in [1.807, 2.05) is 20.9 Å². The lowest BCUT2D eigenvalue weighted by atomic mass is 9.64. The van der Waals surface area contributed by atoms with Gasteiger partial charge < -0.3 is 40.0 Å². The molecular weight excluding hydrogens is 446 g/mol. The lowest BCUT2D eigenvalue weighted by Gasteiger charge is -2.46. The van der Waals surface area contributed by atoms with Gasteiger partial charge in [0.1, 0.15) is 18.0 Å². The zero-order chi connectivity index (χ0) is 24.8. The average molecular weight is 478 g/mol. The molecule has 0 amide bonds. The van der Waals surface area contributed by atoms with Crippen molar-refractivity contribution >= 4 is 11.8 Å². The zero-order valence-corrected chi connectivity index (χ0v) is 19.6. The molecule has 5 N–H and O–H groups in total. The molecule has 0 aromatic heterocycles. The summed E-state index contributed by atoms with van der Waals surface area (Å²) in [5, 5.41) is 45.8. The van der Waals surface area contributed by atoms with Gasteiger partial charge in [0.2, 0.25) is 5.78 Å². The van der Waals surface area contributed by atoms with Crippen LogP contribution < -0.4 is 5.32 Å². The number of phenolic OH excluding ortho intramolecular Hbond substituents is 1. The lowest BCUT2D eigenvalue weighted by Crippen LogP contribution is -2.64. The van der Waals surface area contributed by atoms with E-state index >= 15 is 0 Å². The van der Waals surface area contributed by atoms with Gasteiger partial charge in [-0.2, -0.15) is 0 Å². The molecule has 3 aliphatic heterocycles. The second kappa shape index (κ2) is 7.46. The predicted molar refractivity (Wildman–Crippen MR) is 117 cm³/mol. The first-order valence-corrected chi connectivity index (χ1v) is 11.6. The molecule has 186 valence electrons. The van der Waals surface area contributed by atoms with Crippen molar-refractivity contribution in [3.8, 4) is 5.75 Å². The maximum absolute atomic E-state index is 14.1. The molecule has 9 atom stereocenters. The number of carbonyl (C=O) groups excluding carboxylic acids is 1. The number of hydrogen-bond acceptors (Lipinski definition) is 9. The van der Waals surface area contributed by atoms with Crippen molar-refractivity contribution in [2.24, 2.45) is 0 Å². The Balaban J connectivity index is 1.65. The summed E-state index contributed by atoms with van der Waals surface area (Å²) in [6.45, 7) is 5.37. The molecule has 9 unspecified atom stereocenters. The number of ketones is 1. The van der Waals surface area contributed by atoms with Crippen molar-refractivity contribution in [3.63, 3.8) is 0 Å². The highest BCUT2D eigenvalue weighted by Gasteiger charge is 2.88. The number of ether oxygens (including phenoxy) is 3. The Kier molecular flexibility index (Phi) is 5.19. The molecule has 0 bridgehead atoms. The molecule has 0 spiro atoms. The van der Waals surface area contributed by atoms with E-state index in [2.05, 4.69) is 5.32 Å². The number of benzene rings is 1. The molecule has 10 heteroatoms. The lowest BCUT2D eigenvalue weighted by molar-refractivity contribution is -0.163. The number of Topliss-reactive ketones (excluding diaryl/α,β-unsaturated/α-hetero) is 1. The van der Waals surface area contributed by atoms with Gasteiger partial charge in [-0.15, -0.1) is 0 Å². The standard InChI is InChI=1S/C24H31NO9/c1-10-13(25-4)7-8-22(3,33-10)12-5-6-14(26)18-17(12)20(30)24-19(29)15(9-16(27)28)32-11(2)23(24,34-24)21(18)31/h5-6,10-11,13,15,19,21,25-26,29,31H,7-9H2,1-4H3,(H,27,28). The maximum Gasteiger partial charge on any atom is 0.306 e. The SMILES string of the molecule is CNC1CCC(C)(c2ccc(O)c3c2C(=O)C24OC2(C(C)OC(CC(=O)O)C4O)C3O)OC1C. The highest BCUT2D eigenvalue weighted by Crippen LogP contribution is 2.68. The minimum atomic E-state index is -1.87. The van der Waals surface area contributed by atoms with Crippen LogP contribution in [0.25, 0.3) is 0 Å². The van der Waals surface area contributed by atoms with E-state index in [9.17, 15) is 30.0 Å². The van der Waals surface area contributed by atoms with Gasteiger partial charge in [-0.1, -0.05) is 6.07 Å². The monoisotopic (exact) mass is 477 g/mol. The molecule has 1 aromatic rings. The Morgan fingerprint density at radius 2 is 1.97 bits per heavy atom. The number of aliphatic carboxylic acids is 1. The summed E-state index contributed by atoms with van der Waals surface area (Å²) < 4.78 is 18.0. The Hall–Kier alpha value is -2.08. The third kappa shape index (κ3) is 2.78. The minimum Gasteiger partial charge on any atom is -0.508 e. The van der Waals surface area contributed by atoms with Crippen LogP contribution >= 0.6 is 0 Å². The summed E-state index contributed by atoms with van der Waals surface area (Å²) in [7, 11) is 1.86. The van der Waals surface area contributed by atoms with Gasteiger partial charge in [-0.05, 0) is 52.3 Å². The van der Waals surface area contributed by atoms with E-state index in [0.717, 1.165) is 6.42 Å². The number of hydrogen-bond donors (Lipinski definition) is 5. The van der Waals surface area contributed by atoms with Crippen LogP contribution in [0.4, 0.5) is 0 Å². The van der Waals surface area contributed by atoms with Crippen molar-refractivity contribution in [2.75, 3.05) is 7.05 Å². The van der Waals surface area contributed by atoms with Crippen molar-refractivity contribution in [1.29, 1.82) is 0 Å². The number of carbonyl (C=O) groups is 2. The summed E-state index contributed by atoms with van der Waals surface area (Å²) in [5.74, 6) is -2.07. The Bertz CT molecular complexity index is 1060. The summed E-state index contributed by atoms with van der Waals surface area (Å²) >= 11 is 0. The molecular formula is C24H31NO9. The van der Waals surface area contributed by atoms with Gasteiger partial charge in [0, 0.05) is 17.2 Å². The normalized spacial score (nSPS) is 45.2. The fourth-order valence-electron chi connectivity index (χ4n) is 6.55. The second-order valence-electron chi connectivity index (χ2n) is 10.1. The van der Waals surface area contributed by atoms with E-state index < -0.39 is 59.4 Å². The molecule has 0 radical (unpaired) electrons. The van der Waals surface area contributed by atoms with Gasteiger partial charge >= 0.3 is 5.97 Å². The smallest absolute Gasteiger partial charge is 0.306 e. The fraction of sp³-hybridized carbons (Fsp3) is 0.667. The van der Waals surface area contributed by atoms with E-state index in [-0.39, 0.29) is 29.0 Å². The number of aliphatic hydroxyl groups excluding tert-OH is 2. The molecule has 5 rings (SSSR count). The summed E-state index contributed by atoms with van der Waals surface area (Å²) in [4.78, 5) is 25.5. The van der Waals surface area contributed by atoms with Crippen LogP contribution in [0.3, 0.4) is 0 Å². The first-order valence-electron chi connectivity index (χ1n) is 11.6. The van der Waals surface area contributed by atoms with Crippen LogP contribution in [0.5, 0.6) is 5.75 Å². The topological polar surface area (TPSA) is 158 Å². The average Bonchev–Trinajstić information content (AvgIpc) is 3.50. The summed E-state index contributed by atoms with van der Waals surface area (Å²) in [6, 6.07) is 3.18. The first kappa shape index (κ1) is 23.7. The number of carboxylic acid groups (broad SMARTS) is 1. The highest BCUT2D eigenvalue weighted by molar-refractivity contribution is 6.11. The van der Waals surface area contributed by atoms with Gasteiger partial charge in [0.15, 0.2) is 11.2 Å². The number of likely N-dealkylation sites (N-methyl/N-ethyl adjacent to an activating group) is 1. The minimum absolute atomic E-state index is 0.0168. The third-order valence-electron chi connectivity index (χ3n) is 8.35.